The largest absolute Gasteiger partial charge is 0.383 e. The molecule has 2 heterocycles. The predicted octanol–water partition coefficient (Wildman–Crippen LogP) is 2.30. The van der Waals surface area contributed by atoms with E-state index in [1.807, 2.05) is 13.8 Å². The Morgan fingerprint density at radius 1 is 1.31 bits per heavy atom. The molecule has 0 bridgehead atoms. The van der Waals surface area contributed by atoms with Gasteiger partial charge in [0.05, 0.1) is 24.0 Å². The minimum Gasteiger partial charge on any atom is -0.383 e. The van der Waals surface area contributed by atoms with Gasteiger partial charge in [-0.2, -0.15) is 0 Å². The van der Waals surface area contributed by atoms with Gasteiger partial charge in [0, 0.05) is 18.5 Å². The molecule has 0 saturated carbocycles. The van der Waals surface area contributed by atoms with Gasteiger partial charge in [0.15, 0.2) is 0 Å². The van der Waals surface area contributed by atoms with Gasteiger partial charge in [0.25, 0.3) is 5.91 Å². The summed E-state index contributed by atoms with van der Waals surface area (Å²) in [6.07, 6.45) is 3.99. The molecule has 9 nitrogen and oxygen atoms in total. The van der Waals surface area contributed by atoms with Crippen LogP contribution in [0.1, 0.15) is 53.5 Å². The molecule has 0 radical (unpaired) electrons. The Hall–Kier alpha value is -1.98. The molecule has 158 valence electrons. The molecule has 3 rings (SSSR count). The van der Waals surface area contributed by atoms with Gasteiger partial charge < -0.3 is 15.4 Å². The normalized spacial score (nSPS) is 13.4. The molecule has 0 spiro atoms. The lowest BCUT2D eigenvalue weighted by molar-refractivity contribution is -0.113. The van der Waals surface area contributed by atoms with Crippen molar-refractivity contribution in [3.05, 3.63) is 16.0 Å². The molecule has 0 aromatic carbocycles. The zero-order valence-electron chi connectivity index (χ0n) is 16.9. The fourth-order valence-corrected chi connectivity index (χ4v) is 5.26. The van der Waals surface area contributed by atoms with Gasteiger partial charge in [-0.25, -0.2) is 4.68 Å². The number of methoxy groups -OCH3 is 1. The second-order valence-electron chi connectivity index (χ2n) is 7.00. The Bertz CT molecular complexity index is 864. The SMILES string of the molecule is COCCNC(=O)c1c(NC(=O)CSc2nnnn2C(C)C)sc2c1CCCC2. The van der Waals surface area contributed by atoms with E-state index in [0.717, 1.165) is 31.2 Å². The van der Waals surface area contributed by atoms with E-state index in [2.05, 4.69) is 26.2 Å². The van der Waals surface area contributed by atoms with Crippen molar-refractivity contribution in [1.29, 1.82) is 0 Å². The molecular formula is C18H26N6O3S2. The van der Waals surface area contributed by atoms with Crippen molar-refractivity contribution in [1.82, 2.24) is 25.5 Å². The Balaban J connectivity index is 1.70. The minimum atomic E-state index is -0.183. The molecule has 29 heavy (non-hydrogen) atoms. The molecule has 2 aromatic rings. The molecule has 2 amide bonds. The smallest absolute Gasteiger partial charge is 0.254 e. The molecule has 2 N–H and O–H groups in total. The maximum absolute atomic E-state index is 12.8. The van der Waals surface area contributed by atoms with E-state index in [1.165, 1.54) is 28.0 Å². The summed E-state index contributed by atoms with van der Waals surface area (Å²) in [5.74, 6) is -0.175. The van der Waals surface area contributed by atoms with Crippen molar-refractivity contribution < 1.29 is 14.3 Å². The average molecular weight is 439 g/mol. The summed E-state index contributed by atoms with van der Waals surface area (Å²) in [5, 5.41) is 18.6. The highest BCUT2D eigenvalue weighted by Gasteiger charge is 2.26. The number of thioether (sulfide) groups is 1. The van der Waals surface area contributed by atoms with E-state index in [4.69, 9.17) is 4.74 Å². The van der Waals surface area contributed by atoms with Crippen LogP contribution in [-0.2, 0) is 22.4 Å². The van der Waals surface area contributed by atoms with Crippen LogP contribution < -0.4 is 10.6 Å². The van der Waals surface area contributed by atoms with E-state index in [9.17, 15) is 9.59 Å². The molecular weight excluding hydrogens is 412 g/mol. The molecule has 2 aromatic heterocycles. The van der Waals surface area contributed by atoms with Crippen molar-refractivity contribution in [3.63, 3.8) is 0 Å². The first-order chi connectivity index (χ1) is 14.0. The van der Waals surface area contributed by atoms with Crippen LogP contribution in [0.5, 0.6) is 0 Å². The number of nitrogens with one attached hydrogen (secondary N) is 2. The third-order valence-electron chi connectivity index (χ3n) is 4.53. The summed E-state index contributed by atoms with van der Waals surface area (Å²) in [4.78, 5) is 26.5. The highest BCUT2D eigenvalue weighted by atomic mass is 32.2. The number of hydrogen-bond donors (Lipinski definition) is 2. The quantitative estimate of drug-likeness (QED) is 0.456. The van der Waals surface area contributed by atoms with Crippen molar-refractivity contribution in [3.8, 4) is 0 Å². The maximum Gasteiger partial charge on any atom is 0.254 e. The van der Waals surface area contributed by atoms with Gasteiger partial charge in [-0.05, 0) is 55.5 Å². The summed E-state index contributed by atoms with van der Waals surface area (Å²) in [6, 6.07) is 0.113. The fourth-order valence-electron chi connectivity index (χ4n) is 3.15. The molecule has 11 heteroatoms. The second kappa shape index (κ2) is 10.2. The number of fused-ring (bicyclic) bond motifs is 1. The third-order valence-corrected chi connectivity index (χ3v) is 6.67. The average Bonchev–Trinajstić information content (AvgIpc) is 3.30. The number of nitrogens with zero attached hydrogens (tertiary/aromatic N) is 4. The maximum atomic E-state index is 12.8. The Morgan fingerprint density at radius 2 is 2.10 bits per heavy atom. The Kier molecular flexibility index (Phi) is 7.62. The molecule has 0 fully saturated rings. The number of aromatic nitrogens is 4. The summed E-state index contributed by atoms with van der Waals surface area (Å²) < 4.78 is 6.69. The first-order valence-corrected chi connectivity index (χ1v) is 11.4. The highest BCUT2D eigenvalue weighted by Crippen LogP contribution is 2.38. The Morgan fingerprint density at radius 3 is 2.86 bits per heavy atom. The van der Waals surface area contributed by atoms with Gasteiger partial charge in [-0.3, -0.25) is 9.59 Å². The van der Waals surface area contributed by atoms with Crippen LogP contribution in [-0.4, -0.2) is 58.0 Å². The van der Waals surface area contributed by atoms with Crippen LogP contribution in [0.25, 0.3) is 0 Å². The topological polar surface area (TPSA) is 111 Å². The van der Waals surface area contributed by atoms with Gasteiger partial charge in [0.1, 0.15) is 5.00 Å². The number of tetrazole rings is 1. The van der Waals surface area contributed by atoms with Crippen molar-refractivity contribution in [2.45, 2.75) is 50.7 Å². The van der Waals surface area contributed by atoms with Crippen LogP contribution in [0.3, 0.4) is 0 Å². The van der Waals surface area contributed by atoms with Crippen LogP contribution in [0.4, 0.5) is 5.00 Å². The van der Waals surface area contributed by atoms with Crippen LogP contribution in [0.15, 0.2) is 5.16 Å². The zero-order valence-corrected chi connectivity index (χ0v) is 18.5. The van der Waals surface area contributed by atoms with Crippen molar-refractivity contribution >= 4 is 39.9 Å². The van der Waals surface area contributed by atoms with Crippen molar-refractivity contribution in [2.24, 2.45) is 0 Å². The van der Waals surface area contributed by atoms with Crippen molar-refractivity contribution in [2.75, 3.05) is 31.3 Å². The number of carbonyl (C=O) groups excluding carboxylic acids is 2. The van der Waals surface area contributed by atoms with E-state index in [0.29, 0.717) is 28.9 Å². The second-order valence-corrected chi connectivity index (χ2v) is 9.05. The van der Waals surface area contributed by atoms with E-state index in [-0.39, 0.29) is 23.6 Å². The molecule has 1 aliphatic rings. The predicted molar refractivity (Wildman–Crippen MR) is 113 cm³/mol. The number of hydrogen-bond acceptors (Lipinski definition) is 8. The lowest BCUT2D eigenvalue weighted by atomic mass is 9.95. The monoisotopic (exact) mass is 438 g/mol. The molecule has 0 atom stereocenters. The van der Waals surface area contributed by atoms with Gasteiger partial charge in [0.2, 0.25) is 11.1 Å². The van der Waals surface area contributed by atoms with Gasteiger partial charge in [-0.15, -0.1) is 16.4 Å². The van der Waals surface area contributed by atoms with Gasteiger partial charge in [-0.1, -0.05) is 11.8 Å². The number of ether oxygens (including phenoxy) is 1. The lowest BCUT2D eigenvalue weighted by Crippen LogP contribution is -2.29. The minimum absolute atomic E-state index is 0.113. The summed E-state index contributed by atoms with van der Waals surface area (Å²) in [7, 11) is 1.59. The number of anilines is 1. The van der Waals surface area contributed by atoms with Gasteiger partial charge >= 0.3 is 0 Å². The molecule has 1 aliphatic carbocycles. The van der Waals surface area contributed by atoms with E-state index < -0.39 is 0 Å². The van der Waals surface area contributed by atoms with E-state index in [1.54, 1.807) is 11.8 Å². The fraction of sp³-hybridized carbons (Fsp3) is 0.611. The highest BCUT2D eigenvalue weighted by molar-refractivity contribution is 7.99. The molecule has 0 unspecified atom stereocenters. The van der Waals surface area contributed by atoms with Crippen LogP contribution in [0.2, 0.25) is 0 Å². The number of amides is 2. The first-order valence-electron chi connectivity index (χ1n) is 9.63. The summed E-state index contributed by atoms with van der Waals surface area (Å²) in [6.45, 7) is 4.83. The zero-order chi connectivity index (χ0) is 20.8. The third kappa shape index (κ3) is 5.34. The summed E-state index contributed by atoms with van der Waals surface area (Å²) in [5.41, 5.74) is 1.68. The lowest BCUT2D eigenvalue weighted by Gasteiger charge is -2.13. The standard InChI is InChI=1S/C18H26N6O3S2/c1-11(2)24-18(21-22-23-24)28-10-14(25)20-17-15(16(26)19-8-9-27-3)12-6-4-5-7-13(12)29-17/h11H,4-10H2,1-3H3,(H,19,26)(H,20,25). The molecule has 0 saturated heterocycles. The first kappa shape index (κ1) is 21.7. The van der Waals surface area contributed by atoms with E-state index >= 15 is 0 Å². The molecule has 0 aliphatic heterocycles. The number of rotatable bonds is 9. The van der Waals surface area contributed by atoms with Crippen LogP contribution >= 0.6 is 23.1 Å². The van der Waals surface area contributed by atoms with Crippen LogP contribution in [0, 0.1) is 0 Å². The number of aryl methyl sites for hydroxylation is 1. The number of carbonyl (C=O) groups is 2. The summed E-state index contributed by atoms with van der Waals surface area (Å²) >= 11 is 2.79. The number of thiophene rings is 1. The Labute approximate surface area is 178 Å².